The molecule has 0 aliphatic carbocycles. The fourth-order valence-corrected chi connectivity index (χ4v) is 6.14. The van der Waals surface area contributed by atoms with Crippen LogP contribution in [0.1, 0.15) is 85.5 Å². The van der Waals surface area contributed by atoms with Crippen LogP contribution in [0.3, 0.4) is 0 Å². The Labute approximate surface area is 294 Å². The highest BCUT2D eigenvalue weighted by Gasteiger charge is 2.42. The van der Waals surface area contributed by atoms with Crippen molar-refractivity contribution in [2.45, 2.75) is 105 Å². The van der Waals surface area contributed by atoms with Gasteiger partial charge in [0.25, 0.3) is 5.91 Å². The van der Waals surface area contributed by atoms with Gasteiger partial charge in [0.1, 0.15) is 30.2 Å². The topological polar surface area (TPSA) is 139 Å². The van der Waals surface area contributed by atoms with Crippen molar-refractivity contribution in [1.29, 1.82) is 0 Å². The number of carbonyl (C=O) groups is 6. The molecule has 1 rings (SSSR count). The monoisotopic (exact) mass is 686 g/mol. The van der Waals surface area contributed by atoms with Gasteiger partial charge >= 0.3 is 0 Å². The Kier molecular flexibility index (Phi) is 16.9. The van der Waals surface area contributed by atoms with Crippen LogP contribution >= 0.6 is 0 Å². The fourth-order valence-electron chi connectivity index (χ4n) is 6.14. The first-order valence-corrected chi connectivity index (χ1v) is 17.4. The van der Waals surface area contributed by atoms with Gasteiger partial charge in [0.15, 0.2) is 0 Å². The van der Waals surface area contributed by atoms with E-state index in [0.29, 0.717) is 18.4 Å². The first-order chi connectivity index (χ1) is 22.8. The average molecular weight is 687 g/mol. The third kappa shape index (κ3) is 10.5. The molecular formula is C37H62N6O6. The van der Waals surface area contributed by atoms with Crippen LogP contribution in [0.5, 0.6) is 0 Å². The van der Waals surface area contributed by atoms with E-state index in [4.69, 9.17) is 0 Å². The van der Waals surface area contributed by atoms with Gasteiger partial charge in [-0.2, -0.15) is 0 Å². The summed E-state index contributed by atoms with van der Waals surface area (Å²) in [6.07, 6.45) is 1.25. The van der Waals surface area contributed by atoms with Crippen LogP contribution in [0.2, 0.25) is 0 Å². The normalized spacial score (nSPS) is 15.6. The average Bonchev–Trinajstić information content (AvgIpc) is 3.08. The minimum Gasteiger partial charge on any atom is -0.357 e. The van der Waals surface area contributed by atoms with Gasteiger partial charge < -0.3 is 30.2 Å². The van der Waals surface area contributed by atoms with Gasteiger partial charge in [0.05, 0.1) is 0 Å². The van der Waals surface area contributed by atoms with Crippen LogP contribution < -0.4 is 10.6 Å². The zero-order valence-electron chi connectivity index (χ0n) is 32.2. The number of likely N-dealkylation sites (N-methyl/N-ethyl adjacent to an activating group) is 5. The Hall–Kier alpha value is -3.96. The first kappa shape index (κ1) is 43.1. The molecule has 0 aromatic heterocycles. The molecule has 7 unspecified atom stereocenters. The maximum Gasteiger partial charge on any atom is 0.254 e. The molecule has 0 fully saturated rings. The van der Waals surface area contributed by atoms with E-state index in [9.17, 15) is 28.8 Å². The van der Waals surface area contributed by atoms with E-state index >= 15 is 0 Å². The second-order valence-electron chi connectivity index (χ2n) is 14.0. The van der Waals surface area contributed by atoms with E-state index in [1.165, 1.54) is 33.7 Å². The Morgan fingerprint density at radius 1 is 0.592 bits per heavy atom. The summed E-state index contributed by atoms with van der Waals surface area (Å²) in [6, 6.07) is 4.24. The zero-order valence-corrected chi connectivity index (χ0v) is 32.2. The standard InChI is InChI=1S/C37H62N6O6/c1-15-24(7)30(32(44)38-10)42(13)36(48)28(22(3)4)39-33(45)29(23(5)6)41(12)37(49)31(25(8)16-2)43(14)34(46)26(9)40(11)35(47)27-20-18-17-19-21-27/h17-26,28-31H,15-16H2,1-14H3,(H,38,44)(H,39,45). The highest BCUT2D eigenvalue weighted by Crippen LogP contribution is 2.23. The third-order valence-corrected chi connectivity index (χ3v) is 9.84. The maximum atomic E-state index is 14.3. The molecule has 7 atom stereocenters. The number of amides is 6. The van der Waals surface area contributed by atoms with Gasteiger partial charge in [-0.1, -0.05) is 86.4 Å². The Bertz CT molecular complexity index is 1290. The van der Waals surface area contributed by atoms with E-state index in [2.05, 4.69) is 10.6 Å². The van der Waals surface area contributed by atoms with Gasteiger partial charge in [-0.25, -0.2) is 0 Å². The molecule has 0 aliphatic heterocycles. The molecule has 0 heterocycles. The van der Waals surface area contributed by atoms with Crippen molar-refractivity contribution in [3.05, 3.63) is 35.9 Å². The molecular weight excluding hydrogens is 624 g/mol. The van der Waals surface area contributed by atoms with Crippen LogP contribution in [0.4, 0.5) is 0 Å². The molecule has 1 aromatic carbocycles. The quantitative estimate of drug-likeness (QED) is 0.258. The van der Waals surface area contributed by atoms with Gasteiger partial charge in [0, 0.05) is 40.8 Å². The summed E-state index contributed by atoms with van der Waals surface area (Å²) < 4.78 is 0. The second-order valence-corrected chi connectivity index (χ2v) is 14.0. The molecule has 0 aliphatic rings. The summed E-state index contributed by atoms with van der Waals surface area (Å²) in [7, 11) is 7.74. The highest BCUT2D eigenvalue weighted by molar-refractivity contribution is 5.99. The van der Waals surface area contributed by atoms with Crippen molar-refractivity contribution >= 4 is 35.4 Å². The molecule has 276 valence electrons. The molecule has 0 radical (unpaired) electrons. The summed E-state index contributed by atoms with van der Waals surface area (Å²) in [5, 5.41) is 5.54. The van der Waals surface area contributed by atoms with Crippen molar-refractivity contribution in [2.24, 2.45) is 23.7 Å². The number of hydrogen-bond donors (Lipinski definition) is 2. The van der Waals surface area contributed by atoms with Gasteiger partial charge in [-0.05, 0) is 42.7 Å². The summed E-state index contributed by atoms with van der Waals surface area (Å²) in [5.74, 6) is -3.42. The Morgan fingerprint density at radius 2 is 1.06 bits per heavy atom. The number of benzene rings is 1. The SMILES string of the molecule is CCC(C)C(C(=O)NC)N(C)C(=O)C(NC(=O)C(C(C)C)N(C)C(=O)C(C(C)CC)N(C)C(=O)C(C)N(C)C(=O)c1ccccc1)C(C)C. The lowest BCUT2D eigenvalue weighted by atomic mass is 9.93. The van der Waals surface area contributed by atoms with Crippen LogP contribution in [0, 0.1) is 23.7 Å². The molecule has 6 amide bonds. The van der Waals surface area contributed by atoms with Crippen LogP contribution in [-0.2, 0) is 24.0 Å². The molecule has 0 spiro atoms. The lowest BCUT2D eigenvalue weighted by Gasteiger charge is -2.40. The van der Waals surface area contributed by atoms with E-state index < -0.39 is 53.8 Å². The highest BCUT2D eigenvalue weighted by atomic mass is 16.2. The van der Waals surface area contributed by atoms with E-state index in [1.54, 1.807) is 58.4 Å². The molecule has 12 nitrogen and oxygen atoms in total. The lowest BCUT2D eigenvalue weighted by Crippen LogP contribution is -2.62. The first-order valence-electron chi connectivity index (χ1n) is 17.4. The number of carbonyl (C=O) groups excluding carboxylic acids is 6. The number of hydrogen-bond acceptors (Lipinski definition) is 6. The molecule has 12 heteroatoms. The van der Waals surface area contributed by atoms with Crippen molar-refractivity contribution in [3.8, 4) is 0 Å². The van der Waals surface area contributed by atoms with Gasteiger partial charge in [-0.15, -0.1) is 0 Å². The minimum absolute atomic E-state index is 0.124. The fraction of sp³-hybridized carbons (Fsp3) is 0.676. The van der Waals surface area contributed by atoms with Gasteiger partial charge in [-0.3, -0.25) is 28.8 Å². The zero-order chi connectivity index (χ0) is 37.9. The molecule has 2 N–H and O–H groups in total. The Balaban J connectivity index is 3.37. The number of rotatable bonds is 17. The molecule has 0 saturated carbocycles. The molecule has 49 heavy (non-hydrogen) atoms. The second kappa shape index (κ2) is 19.3. The van der Waals surface area contributed by atoms with Crippen molar-refractivity contribution in [2.75, 3.05) is 35.2 Å². The predicted molar refractivity (Wildman–Crippen MR) is 192 cm³/mol. The molecule has 1 aromatic rings. The van der Waals surface area contributed by atoms with E-state index in [-0.39, 0.29) is 35.5 Å². The maximum absolute atomic E-state index is 14.3. The van der Waals surface area contributed by atoms with Crippen molar-refractivity contribution in [3.63, 3.8) is 0 Å². The summed E-state index contributed by atoms with van der Waals surface area (Å²) in [4.78, 5) is 87.3. The third-order valence-electron chi connectivity index (χ3n) is 9.84. The van der Waals surface area contributed by atoms with Crippen molar-refractivity contribution < 1.29 is 28.8 Å². The van der Waals surface area contributed by atoms with Crippen LogP contribution in [0.15, 0.2) is 30.3 Å². The van der Waals surface area contributed by atoms with E-state index in [1.807, 2.05) is 55.4 Å². The smallest absolute Gasteiger partial charge is 0.254 e. The molecule has 0 saturated heterocycles. The lowest BCUT2D eigenvalue weighted by molar-refractivity contribution is -0.152. The molecule has 0 bridgehead atoms. The number of nitrogens with zero attached hydrogens (tertiary/aromatic N) is 4. The van der Waals surface area contributed by atoms with Gasteiger partial charge in [0.2, 0.25) is 29.5 Å². The summed E-state index contributed by atoms with van der Waals surface area (Å²) >= 11 is 0. The number of nitrogens with one attached hydrogen (secondary N) is 2. The van der Waals surface area contributed by atoms with Crippen LogP contribution in [-0.4, -0.2) is 120 Å². The Morgan fingerprint density at radius 3 is 1.51 bits per heavy atom. The summed E-state index contributed by atoms with van der Waals surface area (Å²) in [5.41, 5.74) is 0.445. The minimum atomic E-state index is -0.967. The predicted octanol–water partition coefficient (Wildman–Crippen LogP) is 3.26. The largest absolute Gasteiger partial charge is 0.357 e. The van der Waals surface area contributed by atoms with E-state index in [0.717, 1.165) is 0 Å². The van der Waals surface area contributed by atoms with Crippen molar-refractivity contribution in [1.82, 2.24) is 30.2 Å². The summed E-state index contributed by atoms with van der Waals surface area (Å²) in [6.45, 7) is 16.5. The van der Waals surface area contributed by atoms with Crippen LogP contribution in [0.25, 0.3) is 0 Å².